The van der Waals surface area contributed by atoms with E-state index in [-0.39, 0.29) is 0 Å². The van der Waals surface area contributed by atoms with Gasteiger partial charge in [-0.1, -0.05) is 15.9 Å². The molecule has 3 heterocycles. The second-order valence-corrected chi connectivity index (χ2v) is 7.36. The van der Waals surface area contributed by atoms with Crippen LogP contribution in [0, 0.1) is 0 Å². The fourth-order valence-corrected chi connectivity index (χ4v) is 3.44. The number of rotatable bonds is 2. The monoisotopic (exact) mass is 366 g/mol. The lowest BCUT2D eigenvalue weighted by molar-refractivity contribution is -0.233. The van der Waals surface area contributed by atoms with Crippen molar-refractivity contribution in [2.45, 2.75) is 74.8 Å². The van der Waals surface area contributed by atoms with Crippen LogP contribution < -0.4 is 0 Å². The zero-order valence-corrected chi connectivity index (χ0v) is 13.8. The van der Waals surface area contributed by atoms with Crippen molar-refractivity contribution < 1.29 is 33.6 Å². The highest BCUT2D eigenvalue weighted by Crippen LogP contribution is 2.45. The van der Waals surface area contributed by atoms with Crippen LogP contribution in [-0.2, 0) is 28.5 Å². The van der Waals surface area contributed by atoms with Crippen molar-refractivity contribution in [2.75, 3.05) is 0 Å². The molecular formula is C13H19BrO7. The summed E-state index contributed by atoms with van der Waals surface area (Å²) in [5, 5.41) is 9.23. The minimum absolute atomic E-state index is 0.440. The molecule has 0 spiro atoms. The molecule has 3 aliphatic rings. The van der Waals surface area contributed by atoms with E-state index in [1.54, 1.807) is 27.7 Å². The highest BCUT2D eigenvalue weighted by molar-refractivity contribution is 9.10. The predicted octanol–water partition coefficient (Wildman–Crippen LogP) is 1.23. The smallest absolute Gasteiger partial charge is 0.320 e. The molecule has 7 nitrogen and oxygen atoms in total. The molecule has 120 valence electrons. The van der Waals surface area contributed by atoms with E-state index < -0.39 is 53.1 Å². The van der Waals surface area contributed by atoms with Gasteiger partial charge >= 0.3 is 5.97 Å². The van der Waals surface area contributed by atoms with Crippen LogP contribution in [0.5, 0.6) is 0 Å². The maximum atomic E-state index is 11.3. The lowest BCUT2D eigenvalue weighted by Crippen LogP contribution is -2.58. The van der Waals surface area contributed by atoms with Gasteiger partial charge in [-0.2, -0.15) is 0 Å². The lowest BCUT2D eigenvalue weighted by atomic mass is 9.97. The quantitative estimate of drug-likeness (QED) is 0.735. The molecule has 6 atom stereocenters. The normalized spacial score (nSPS) is 44.9. The lowest BCUT2D eigenvalue weighted by Gasteiger charge is -2.38. The molecule has 0 aromatic heterocycles. The maximum Gasteiger partial charge on any atom is 0.320 e. The summed E-state index contributed by atoms with van der Waals surface area (Å²) >= 11 is 3.15. The SMILES string of the molecule is CC1(C)O[C@H]2[C@@H](O1)[C@@H](C(Br)C(=O)O)O[C@@H]1OC(C)(C)O[C@@H]12. The molecular weight excluding hydrogens is 348 g/mol. The Morgan fingerprint density at radius 1 is 1.00 bits per heavy atom. The first-order chi connectivity index (χ1) is 9.60. The van der Waals surface area contributed by atoms with Crippen LogP contribution in [0.4, 0.5) is 0 Å². The van der Waals surface area contributed by atoms with Gasteiger partial charge in [0.15, 0.2) is 17.9 Å². The van der Waals surface area contributed by atoms with Crippen LogP contribution in [0.2, 0.25) is 0 Å². The highest BCUT2D eigenvalue weighted by Gasteiger charge is 2.62. The van der Waals surface area contributed by atoms with Crippen molar-refractivity contribution in [3.63, 3.8) is 0 Å². The Balaban J connectivity index is 1.90. The Hall–Kier alpha value is -0.250. The topological polar surface area (TPSA) is 83.5 Å². The van der Waals surface area contributed by atoms with Crippen molar-refractivity contribution in [3.8, 4) is 0 Å². The van der Waals surface area contributed by atoms with Crippen molar-refractivity contribution in [2.24, 2.45) is 0 Å². The molecule has 3 aliphatic heterocycles. The van der Waals surface area contributed by atoms with Gasteiger partial charge < -0.3 is 28.8 Å². The fraction of sp³-hybridized carbons (Fsp3) is 0.923. The van der Waals surface area contributed by atoms with E-state index >= 15 is 0 Å². The largest absolute Gasteiger partial charge is 0.480 e. The Bertz CT molecular complexity index is 452. The van der Waals surface area contributed by atoms with E-state index in [1.165, 1.54) is 0 Å². The number of hydrogen-bond donors (Lipinski definition) is 1. The number of carboxylic acids is 1. The highest BCUT2D eigenvalue weighted by atomic mass is 79.9. The minimum Gasteiger partial charge on any atom is -0.480 e. The van der Waals surface area contributed by atoms with Crippen LogP contribution in [0.25, 0.3) is 0 Å². The fourth-order valence-electron chi connectivity index (χ4n) is 3.02. The summed E-state index contributed by atoms with van der Waals surface area (Å²) in [4.78, 5) is 10.4. The van der Waals surface area contributed by atoms with E-state index in [0.717, 1.165) is 0 Å². The number of carboxylic acid groups (broad SMARTS) is 1. The Morgan fingerprint density at radius 2 is 1.52 bits per heavy atom. The van der Waals surface area contributed by atoms with Gasteiger partial charge in [0, 0.05) is 0 Å². The number of aliphatic carboxylic acids is 1. The van der Waals surface area contributed by atoms with Crippen molar-refractivity contribution in [1.29, 1.82) is 0 Å². The van der Waals surface area contributed by atoms with Crippen LogP contribution in [0.3, 0.4) is 0 Å². The molecule has 0 aromatic rings. The van der Waals surface area contributed by atoms with Gasteiger partial charge in [-0.25, -0.2) is 0 Å². The molecule has 0 aromatic carbocycles. The van der Waals surface area contributed by atoms with Gasteiger partial charge in [0.05, 0.1) is 0 Å². The first-order valence-corrected chi connectivity index (χ1v) is 7.75. The molecule has 3 rings (SSSR count). The summed E-state index contributed by atoms with van der Waals surface area (Å²) in [6.45, 7) is 7.12. The van der Waals surface area contributed by atoms with Gasteiger partial charge in [-0.15, -0.1) is 0 Å². The molecule has 0 amide bonds. The molecule has 8 heteroatoms. The van der Waals surface area contributed by atoms with Crippen molar-refractivity contribution in [1.82, 2.24) is 0 Å². The number of fused-ring (bicyclic) bond motifs is 3. The van der Waals surface area contributed by atoms with Crippen LogP contribution in [0.15, 0.2) is 0 Å². The number of ether oxygens (including phenoxy) is 5. The third kappa shape index (κ3) is 2.73. The molecule has 1 unspecified atom stereocenters. The van der Waals surface area contributed by atoms with Gasteiger partial charge in [-0.3, -0.25) is 4.79 Å². The molecule has 21 heavy (non-hydrogen) atoms. The average molecular weight is 367 g/mol. The van der Waals surface area contributed by atoms with Gasteiger partial charge in [0.25, 0.3) is 0 Å². The van der Waals surface area contributed by atoms with Gasteiger partial charge in [0.1, 0.15) is 29.2 Å². The van der Waals surface area contributed by atoms with Crippen molar-refractivity contribution in [3.05, 3.63) is 0 Å². The van der Waals surface area contributed by atoms with Gasteiger partial charge in [0.2, 0.25) is 0 Å². The summed E-state index contributed by atoms with van der Waals surface area (Å²) in [5.74, 6) is -2.66. The number of carbonyl (C=O) groups is 1. The standard InChI is InChI=1S/C13H19BrO7/c1-12(2)18-7-6(5(14)10(15)16)17-11-9(8(7)19-12)20-13(3,4)21-11/h5-9,11H,1-4H3,(H,15,16)/t5?,6-,7+,8+,9-,11-/m1/s1. The van der Waals surface area contributed by atoms with E-state index in [9.17, 15) is 9.90 Å². The first-order valence-electron chi connectivity index (χ1n) is 6.83. The molecule has 0 aliphatic carbocycles. The number of alkyl halides is 1. The van der Waals surface area contributed by atoms with E-state index in [1.807, 2.05) is 0 Å². The van der Waals surface area contributed by atoms with E-state index in [4.69, 9.17) is 23.7 Å². The summed E-state index contributed by atoms with van der Waals surface area (Å²) in [6.07, 6.45) is -2.84. The molecule has 3 saturated heterocycles. The predicted molar refractivity (Wildman–Crippen MR) is 72.9 cm³/mol. The Kier molecular flexibility index (Phi) is 3.63. The molecule has 3 fully saturated rings. The van der Waals surface area contributed by atoms with E-state index in [2.05, 4.69) is 15.9 Å². The maximum absolute atomic E-state index is 11.3. The van der Waals surface area contributed by atoms with Gasteiger partial charge in [-0.05, 0) is 27.7 Å². The van der Waals surface area contributed by atoms with Crippen LogP contribution in [-0.4, -0.2) is 58.2 Å². The van der Waals surface area contributed by atoms with Crippen LogP contribution in [0.1, 0.15) is 27.7 Å². The van der Waals surface area contributed by atoms with Crippen molar-refractivity contribution >= 4 is 21.9 Å². The number of hydrogen-bond acceptors (Lipinski definition) is 6. The summed E-state index contributed by atoms with van der Waals surface area (Å²) < 4.78 is 29.1. The first kappa shape index (κ1) is 15.6. The Labute approximate surface area is 130 Å². The summed E-state index contributed by atoms with van der Waals surface area (Å²) in [5.41, 5.74) is 0. The minimum atomic E-state index is -1.02. The Morgan fingerprint density at radius 3 is 2.14 bits per heavy atom. The number of halogens is 1. The molecule has 0 saturated carbocycles. The van der Waals surface area contributed by atoms with E-state index in [0.29, 0.717) is 0 Å². The molecule has 1 N–H and O–H groups in total. The molecule has 0 bridgehead atoms. The third-order valence-electron chi connectivity index (χ3n) is 3.71. The summed E-state index contributed by atoms with van der Waals surface area (Å²) in [7, 11) is 0. The zero-order valence-electron chi connectivity index (χ0n) is 12.2. The van der Waals surface area contributed by atoms with Crippen LogP contribution >= 0.6 is 15.9 Å². The zero-order chi connectivity index (χ0) is 15.6. The second kappa shape index (κ2) is 4.87. The average Bonchev–Trinajstić information content (AvgIpc) is 2.81. The summed E-state index contributed by atoms with van der Waals surface area (Å²) in [6, 6.07) is 0. The third-order valence-corrected chi connectivity index (χ3v) is 4.63. The second-order valence-electron chi connectivity index (χ2n) is 6.37. The molecule has 0 radical (unpaired) electrons.